The Kier molecular flexibility index (Phi) is 8.06. The molecular formula is C14H16Cl2N4O2. The van der Waals surface area contributed by atoms with Gasteiger partial charge in [-0.25, -0.2) is 5.84 Å². The van der Waals surface area contributed by atoms with E-state index in [0.717, 1.165) is 11.3 Å². The number of benzene rings is 1. The molecule has 2 rings (SSSR count). The molecule has 0 saturated heterocycles. The van der Waals surface area contributed by atoms with Crippen molar-refractivity contribution in [3.8, 4) is 5.75 Å². The van der Waals surface area contributed by atoms with Gasteiger partial charge in [0.05, 0.1) is 11.2 Å². The number of ether oxygens (including phenoxy) is 1. The molecule has 1 heterocycles. The Bertz CT molecular complexity index is 611. The van der Waals surface area contributed by atoms with E-state index >= 15 is 0 Å². The SMILES string of the molecule is CNc1cccc(Cl)c1COc1cnccc1Cl.NNC=O. The van der Waals surface area contributed by atoms with E-state index in [1.54, 1.807) is 23.9 Å². The van der Waals surface area contributed by atoms with E-state index in [2.05, 4.69) is 16.1 Å². The average molecular weight is 343 g/mol. The van der Waals surface area contributed by atoms with Crippen molar-refractivity contribution in [2.24, 2.45) is 5.84 Å². The molecule has 2 aromatic rings. The van der Waals surface area contributed by atoms with E-state index in [1.807, 2.05) is 25.2 Å². The zero-order chi connectivity index (χ0) is 16.4. The summed E-state index contributed by atoms with van der Waals surface area (Å²) >= 11 is 12.1. The van der Waals surface area contributed by atoms with E-state index in [0.29, 0.717) is 28.8 Å². The van der Waals surface area contributed by atoms with Crippen LogP contribution in [0.15, 0.2) is 36.7 Å². The van der Waals surface area contributed by atoms with Crippen LogP contribution in [0.4, 0.5) is 5.69 Å². The molecule has 0 spiro atoms. The maximum atomic E-state index is 8.94. The standard InChI is InChI=1S/C13H12Cl2N2O.CH4N2O/c1-16-12-4-2-3-10(14)9(12)8-18-13-7-17-6-5-11(13)15;2-3-1-4/h2-7,16H,8H2,1H3;1H,2H2,(H,3,4). The molecule has 1 aromatic heterocycles. The molecule has 4 N–H and O–H groups in total. The van der Waals surface area contributed by atoms with Crippen LogP contribution in [0.1, 0.15) is 5.56 Å². The predicted molar refractivity (Wildman–Crippen MR) is 88.0 cm³/mol. The lowest BCUT2D eigenvalue weighted by Crippen LogP contribution is -2.18. The number of carbonyl (C=O) groups excluding carboxylic acids is 1. The summed E-state index contributed by atoms with van der Waals surface area (Å²) < 4.78 is 5.63. The summed E-state index contributed by atoms with van der Waals surface area (Å²) in [4.78, 5) is 12.9. The first-order valence-corrected chi connectivity index (χ1v) is 6.96. The van der Waals surface area contributed by atoms with E-state index in [4.69, 9.17) is 32.7 Å². The molecule has 0 fully saturated rings. The molecule has 0 radical (unpaired) electrons. The van der Waals surface area contributed by atoms with Crippen LogP contribution >= 0.6 is 23.2 Å². The van der Waals surface area contributed by atoms with E-state index in [9.17, 15) is 0 Å². The number of pyridine rings is 1. The second-order valence-electron chi connectivity index (χ2n) is 3.90. The van der Waals surface area contributed by atoms with Crippen LogP contribution in [0.3, 0.4) is 0 Å². The van der Waals surface area contributed by atoms with Crippen LogP contribution < -0.4 is 21.3 Å². The van der Waals surface area contributed by atoms with Gasteiger partial charge in [-0.3, -0.25) is 15.2 Å². The largest absolute Gasteiger partial charge is 0.486 e. The smallest absolute Gasteiger partial charge is 0.221 e. The number of carbonyl (C=O) groups is 1. The number of hydrogen-bond donors (Lipinski definition) is 3. The fraction of sp³-hybridized carbons (Fsp3) is 0.143. The molecule has 1 amide bonds. The number of nitrogens with one attached hydrogen (secondary N) is 2. The van der Waals surface area contributed by atoms with Crippen LogP contribution in [-0.2, 0) is 11.4 Å². The first-order chi connectivity index (χ1) is 10.6. The highest BCUT2D eigenvalue weighted by Crippen LogP contribution is 2.28. The highest BCUT2D eigenvalue weighted by Gasteiger charge is 2.08. The number of anilines is 1. The van der Waals surface area contributed by atoms with E-state index in [1.165, 1.54) is 0 Å². The van der Waals surface area contributed by atoms with E-state index in [-0.39, 0.29) is 0 Å². The maximum Gasteiger partial charge on any atom is 0.221 e. The third kappa shape index (κ3) is 5.40. The van der Waals surface area contributed by atoms with Crippen molar-refractivity contribution in [1.29, 1.82) is 0 Å². The first-order valence-electron chi connectivity index (χ1n) is 6.21. The number of rotatable bonds is 5. The molecular weight excluding hydrogens is 327 g/mol. The number of halogens is 2. The second kappa shape index (κ2) is 9.83. The van der Waals surface area contributed by atoms with Crippen molar-refractivity contribution in [1.82, 2.24) is 10.4 Å². The summed E-state index contributed by atoms with van der Waals surface area (Å²) in [5.74, 6) is 4.95. The summed E-state index contributed by atoms with van der Waals surface area (Å²) in [7, 11) is 1.84. The number of amides is 1. The molecule has 22 heavy (non-hydrogen) atoms. The Balaban J connectivity index is 0.000000541. The zero-order valence-electron chi connectivity index (χ0n) is 11.8. The van der Waals surface area contributed by atoms with Crippen molar-refractivity contribution in [2.45, 2.75) is 6.61 Å². The van der Waals surface area contributed by atoms with Crippen molar-refractivity contribution < 1.29 is 9.53 Å². The fourth-order valence-corrected chi connectivity index (χ4v) is 1.95. The van der Waals surface area contributed by atoms with Gasteiger partial charge in [-0.05, 0) is 18.2 Å². The Morgan fingerprint density at radius 3 is 2.64 bits per heavy atom. The van der Waals surface area contributed by atoms with Crippen LogP contribution in [0.5, 0.6) is 5.75 Å². The summed E-state index contributed by atoms with van der Waals surface area (Å²) in [5.41, 5.74) is 3.57. The van der Waals surface area contributed by atoms with Gasteiger partial charge in [0.15, 0.2) is 5.75 Å². The molecule has 118 valence electrons. The zero-order valence-corrected chi connectivity index (χ0v) is 13.4. The van der Waals surface area contributed by atoms with Gasteiger partial charge in [0.25, 0.3) is 0 Å². The number of hydrazine groups is 1. The number of nitrogens with two attached hydrogens (primary N) is 1. The lowest BCUT2D eigenvalue weighted by Gasteiger charge is -2.12. The Labute approximate surface area is 138 Å². The number of aromatic nitrogens is 1. The Morgan fingerprint density at radius 2 is 2.05 bits per heavy atom. The predicted octanol–water partition coefficient (Wildman–Crippen LogP) is 2.62. The summed E-state index contributed by atoms with van der Waals surface area (Å²) in [6, 6.07) is 7.33. The van der Waals surface area contributed by atoms with Gasteiger partial charge < -0.3 is 10.1 Å². The molecule has 1 aromatic carbocycles. The fourth-order valence-electron chi connectivity index (χ4n) is 1.56. The highest BCUT2D eigenvalue weighted by molar-refractivity contribution is 6.32. The van der Waals surface area contributed by atoms with Gasteiger partial charge in [-0.2, -0.15) is 0 Å². The Morgan fingerprint density at radius 1 is 1.32 bits per heavy atom. The third-order valence-corrected chi connectivity index (χ3v) is 3.23. The molecule has 8 heteroatoms. The van der Waals surface area contributed by atoms with Crippen molar-refractivity contribution in [3.05, 3.63) is 52.3 Å². The maximum absolute atomic E-state index is 8.94. The molecule has 0 atom stereocenters. The summed E-state index contributed by atoms with van der Waals surface area (Å²) in [6.45, 7) is 0.335. The van der Waals surface area contributed by atoms with Crippen molar-refractivity contribution in [3.63, 3.8) is 0 Å². The first kappa shape index (κ1) is 18.0. The molecule has 0 aliphatic rings. The molecule has 0 unspecified atom stereocenters. The minimum Gasteiger partial charge on any atom is -0.486 e. The second-order valence-corrected chi connectivity index (χ2v) is 4.71. The molecule has 6 nitrogen and oxygen atoms in total. The van der Waals surface area contributed by atoms with Crippen LogP contribution in [0.2, 0.25) is 10.0 Å². The lowest BCUT2D eigenvalue weighted by molar-refractivity contribution is -0.109. The third-order valence-electron chi connectivity index (χ3n) is 2.56. The lowest BCUT2D eigenvalue weighted by atomic mass is 10.2. The minimum absolute atomic E-state index is 0.335. The van der Waals surface area contributed by atoms with Crippen LogP contribution in [0.25, 0.3) is 0 Å². The summed E-state index contributed by atoms with van der Waals surface area (Å²) in [6.07, 6.45) is 3.60. The normalized spacial score (nSPS) is 9.27. The molecule has 0 bridgehead atoms. The average Bonchev–Trinajstić information content (AvgIpc) is 2.55. The molecule has 0 saturated carbocycles. The van der Waals surface area contributed by atoms with Crippen molar-refractivity contribution in [2.75, 3.05) is 12.4 Å². The topological polar surface area (TPSA) is 89.3 Å². The molecule has 0 aliphatic heterocycles. The quantitative estimate of drug-likeness (QED) is 0.336. The van der Waals surface area contributed by atoms with Crippen molar-refractivity contribution >= 4 is 35.3 Å². The monoisotopic (exact) mass is 342 g/mol. The summed E-state index contributed by atoms with van der Waals surface area (Å²) in [5, 5.41) is 4.26. The Hall–Kier alpha value is -2.02. The van der Waals surface area contributed by atoms with Gasteiger partial charge >= 0.3 is 0 Å². The molecule has 0 aliphatic carbocycles. The number of nitrogens with zero attached hydrogens (tertiary/aromatic N) is 1. The van der Waals surface area contributed by atoms with Gasteiger partial charge in [-0.1, -0.05) is 29.3 Å². The van der Waals surface area contributed by atoms with Gasteiger partial charge in [0.2, 0.25) is 6.41 Å². The van der Waals surface area contributed by atoms with Gasteiger partial charge in [-0.15, -0.1) is 0 Å². The minimum atomic E-state index is 0.335. The van der Waals surface area contributed by atoms with Gasteiger partial charge in [0.1, 0.15) is 6.61 Å². The van der Waals surface area contributed by atoms with Crippen LogP contribution in [0, 0.1) is 0 Å². The number of hydrogen-bond acceptors (Lipinski definition) is 5. The van der Waals surface area contributed by atoms with E-state index < -0.39 is 0 Å². The van der Waals surface area contributed by atoms with Crippen LogP contribution in [-0.4, -0.2) is 18.4 Å². The highest BCUT2D eigenvalue weighted by atomic mass is 35.5. The van der Waals surface area contributed by atoms with Gasteiger partial charge in [0, 0.05) is 29.5 Å².